The Morgan fingerprint density at radius 3 is 1.79 bits per heavy atom. The molecule has 172 valence electrons. The second-order valence-corrected chi connectivity index (χ2v) is 7.68. The van der Waals surface area contributed by atoms with E-state index in [2.05, 4.69) is 0 Å². The number of ether oxygens (including phenoxy) is 4. The second-order valence-electron chi connectivity index (χ2n) is 7.68. The maximum atomic E-state index is 12.4. The van der Waals surface area contributed by atoms with Crippen molar-refractivity contribution in [3.8, 4) is 34.1 Å². The zero-order valence-electron chi connectivity index (χ0n) is 19.1. The van der Waals surface area contributed by atoms with Gasteiger partial charge in [-0.2, -0.15) is 0 Å². The van der Waals surface area contributed by atoms with E-state index in [0.29, 0.717) is 18.1 Å². The summed E-state index contributed by atoms with van der Waals surface area (Å²) in [6, 6.07) is 32.4. The van der Waals surface area contributed by atoms with Crippen LogP contribution in [0.2, 0.25) is 0 Å². The lowest BCUT2D eigenvalue weighted by Gasteiger charge is -2.14. The van der Waals surface area contributed by atoms with Crippen LogP contribution in [0.3, 0.4) is 0 Å². The Bertz CT molecular complexity index is 1180. The van der Waals surface area contributed by atoms with Crippen LogP contribution in [0, 0.1) is 0 Å². The molecule has 0 N–H and O–H groups in total. The molecule has 0 saturated carbocycles. The summed E-state index contributed by atoms with van der Waals surface area (Å²) in [6.07, 6.45) is -0.753. The first kappa shape index (κ1) is 22.9. The van der Waals surface area contributed by atoms with Gasteiger partial charge in [-0.25, -0.2) is 4.79 Å². The van der Waals surface area contributed by atoms with Gasteiger partial charge < -0.3 is 18.9 Å². The number of methoxy groups -OCH3 is 1. The van der Waals surface area contributed by atoms with E-state index in [1.807, 2.05) is 66.7 Å². The molecule has 0 heterocycles. The van der Waals surface area contributed by atoms with Crippen molar-refractivity contribution < 1.29 is 23.7 Å². The van der Waals surface area contributed by atoms with E-state index < -0.39 is 12.1 Å². The minimum absolute atomic E-state index is 0.460. The molecule has 5 nitrogen and oxygen atoms in total. The summed E-state index contributed by atoms with van der Waals surface area (Å²) in [5.41, 5.74) is 3.18. The molecule has 0 spiro atoms. The molecule has 0 bridgehead atoms. The van der Waals surface area contributed by atoms with E-state index >= 15 is 0 Å². The van der Waals surface area contributed by atoms with Gasteiger partial charge in [0.1, 0.15) is 29.6 Å². The van der Waals surface area contributed by atoms with E-state index in [1.165, 1.54) is 0 Å². The van der Waals surface area contributed by atoms with Crippen molar-refractivity contribution in [2.24, 2.45) is 0 Å². The summed E-state index contributed by atoms with van der Waals surface area (Å²) in [5.74, 6) is 2.09. The third kappa shape index (κ3) is 6.17. The van der Waals surface area contributed by atoms with Gasteiger partial charge in [-0.1, -0.05) is 54.6 Å². The minimum Gasteiger partial charge on any atom is -0.497 e. The van der Waals surface area contributed by atoms with Crippen LogP contribution in [0.15, 0.2) is 103 Å². The number of esters is 1. The Hall–Kier alpha value is -4.25. The van der Waals surface area contributed by atoms with Crippen LogP contribution in [0.1, 0.15) is 12.5 Å². The molecule has 0 aliphatic carbocycles. The smallest absolute Gasteiger partial charge is 0.352 e. The van der Waals surface area contributed by atoms with Gasteiger partial charge in [0.2, 0.25) is 0 Å². The molecule has 4 aromatic carbocycles. The maximum absolute atomic E-state index is 12.4. The molecule has 0 aliphatic heterocycles. The van der Waals surface area contributed by atoms with Gasteiger partial charge in [-0.15, -0.1) is 0 Å². The summed E-state index contributed by atoms with van der Waals surface area (Å²) >= 11 is 0. The van der Waals surface area contributed by atoms with E-state index in [1.54, 1.807) is 50.4 Å². The predicted octanol–water partition coefficient (Wildman–Crippen LogP) is 6.31. The Morgan fingerprint density at radius 1 is 0.676 bits per heavy atom. The third-order valence-electron chi connectivity index (χ3n) is 5.21. The van der Waals surface area contributed by atoms with Crippen molar-refractivity contribution in [1.82, 2.24) is 0 Å². The average molecular weight is 455 g/mol. The van der Waals surface area contributed by atoms with E-state index in [9.17, 15) is 4.79 Å². The van der Waals surface area contributed by atoms with E-state index in [0.717, 1.165) is 28.2 Å². The highest BCUT2D eigenvalue weighted by Crippen LogP contribution is 2.25. The van der Waals surface area contributed by atoms with Gasteiger partial charge in [0.15, 0.2) is 6.10 Å². The molecular weight excluding hydrogens is 428 g/mol. The van der Waals surface area contributed by atoms with Gasteiger partial charge in [-0.3, -0.25) is 0 Å². The number of carbonyl (C=O) groups excluding carboxylic acids is 1. The summed E-state index contributed by atoms with van der Waals surface area (Å²) in [6.45, 7) is 2.18. The van der Waals surface area contributed by atoms with Gasteiger partial charge in [0.25, 0.3) is 0 Å². The summed E-state index contributed by atoms with van der Waals surface area (Å²) in [5, 5.41) is 0. The zero-order valence-corrected chi connectivity index (χ0v) is 19.1. The van der Waals surface area contributed by atoms with Crippen molar-refractivity contribution in [2.75, 3.05) is 7.11 Å². The number of rotatable bonds is 9. The van der Waals surface area contributed by atoms with Crippen molar-refractivity contribution in [3.05, 3.63) is 109 Å². The molecule has 0 amide bonds. The summed E-state index contributed by atoms with van der Waals surface area (Å²) < 4.78 is 22.1. The Balaban J connectivity index is 1.30. The second kappa shape index (κ2) is 11.1. The monoisotopic (exact) mass is 454 g/mol. The Labute approximate surface area is 199 Å². The summed E-state index contributed by atoms with van der Waals surface area (Å²) in [7, 11) is 1.60. The molecule has 0 aliphatic rings. The molecule has 0 radical (unpaired) electrons. The fourth-order valence-corrected chi connectivity index (χ4v) is 3.31. The highest BCUT2D eigenvalue weighted by Gasteiger charge is 2.17. The van der Waals surface area contributed by atoms with Gasteiger partial charge in [-0.05, 0) is 72.1 Å². The van der Waals surface area contributed by atoms with Gasteiger partial charge in [0, 0.05) is 0 Å². The zero-order chi connectivity index (χ0) is 23.8. The van der Waals surface area contributed by atoms with Crippen LogP contribution in [-0.4, -0.2) is 19.2 Å². The van der Waals surface area contributed by atoms with Gasteiger partial charge >= 0.3 is 5.97 Å². The topological polar surface area (TPSA) is 54.0 Å². The van der Waals surface area contributed by atoms with E-state index in [-0.39, 0.29) is 0 Å². The highest BCUT2D eigenvalue weighted by molar-refractivity contribution is 5.77. The predicted molar refractivity (Wildman–Crippen MR) is 131 cm³/mol. The number of benzene rings is 4. The molecule has 0 fully saturated rings. The van der Waals surface area contributed by atoms with Crippen molar-refractivity contribution in [2.45, 2.75) is 19.6 Å². The highest BCUT2D eigenvalue weighted by atomic mass is 16.6. The van der Waals surface area contributed by atoms with Crippen LogP contribution in [0.25, 0.3) is 11.1 Å². The molecule has 4 aromatic rings. The number of hydrogen-bond acceptors (Lipinski definition) is 5. The lowest BCUT2D eigenvalue weighted by molar-refractivity contribution is -0.141. The maximum Gasteiger partial charge on any atom is 0.352 e. The minimum atomic E-state index is -0.753. The quantitative estimate of drug-likeness (QED) is 0.219. The largest absolute Gasteiger partial charge is 0.497 e. The third-order valence-corrected chi connectivity index (χ3v) is 5.21. The van der Waals surface area contributed by atoms with Crippen molar-refractivity contribution in [3.63, 3.8) is 0 Å². The van der Waals surface area contributed by atoms with Gasteiger partial charge in [0.05, 0.1) is 7.11 Å². The molecule has 34 heavy (non-hydrogen) atoms. The Morgan fingerprint density at radius 2 is 1.21 bits per heavy atom. The van der Waals surface area contributed by atoms with Crippen molar-refractivity contribution >= 4 is 5.97 Å². The lowest BCUT2D eigenvalue weighted by atomic mass is 10.1. The lowest BCUT2D eigenvalue weighted by Crippen LogP contribution is -2.28. The average Bonchev–Trinajstić information content (AvgIpc) is 2.89. The molecule has 1 unspecified atom stereocenters. The Kier molecular flexibility index (Phi) is 7.45. The molecule has 5 heteroatoms. The summed E-state index contributed by atoms with van der Waals surface area (Å²) in [4.78, 5) is 12.4. The van der Waals surface area contributed by atoms with Crippen LogP contribution >= 0.6 is 0 Å². The standard InChI is InChI=1S/C29H26O5/c1-21(33-27-18-16-25(31-2)17-19-27)29(30)34-28-14-10-24(11-15-28)23-8-12-26(13-9-23)32-20-22-6-4-3-5-7-22/h3-19,21H,20H2,1-2H3. The molecular formula is C29H26O5. The molecule has 0 saturated heterocycles. The molecule has 4 rings (SSSR count). The van der Waals surface area contributed by atoms with Crippen LogP contribution in [0.5, 0.6) is 23.0 Å². The first-order valence-corrected chi connectivity index (χ1v) is 11.0. The van der Waals surface area contributed by atoms with Crippen LogP contribution in [0.4, 0.5) is 0 Å². The van der Waals surface area contributed by atoms with Crippen LogP contribution < -0.4 is 18.9 Å². The molecule has 0 aromatic heterocycles. The first-order chi connectivity index (χ1) is 16.6. The van der Waals surface area contributed by atoms with Crippen molar-refractivity contribution in [1.29, 1.82) is 0 Å². The fraction of sp³-hybridized carbons (Fsp3) is 0.138. The number of hydrogen-bond donors (Lipinski definition) is 0. The molecule has 1 atom stereocenters. The van der Waals surface area contributed by atoms with Crippen LogP contribution in [-0.2, 0) is 11.4 Å². The SMILES string of the molecule is COc1ccc(OC(C)C(=O)Oc2ccc(-c3ccc(OCc4ccccc4)cc3)cc2)cc1. The normalized spacial score (nSPS) is 11.4. The fourth-order valence-electron chi connectivity index (χ4n) is 3.31. The number of carbonyl (C=O) groups is 1. The first-order valence-electron chi connectivity index (χ1n) is 11.0. The van der Waals surface area contributed by atoms with E-state index in [4.69, 9.17) is 18.9 Å².